The maximum absolute atomic E-state index is 11.1. The Morgan fingerprint density at radius 1 is 1.43 bits per heavy atom. The molecule has 1 saturated heterocycles. The topological polar surface area (TPSA) is 66.5 Å². The minimum atomic E-state index is -3.14. The van der Waals surface area contributed by atoms with Gasteiger partial charge >= 0.3 is 0 Å². The molecule has 0 spiro atoms. The molecule has 1 unspecified atom stereocenters. The summed E-state index contributed by atoms with van der Waals surface area (Å²) in [6.07, 6.45) is 1.38. The van der Waals surface area contributed by atoms with Gasteiger partial charge in [-0.25, -0.2) is 8.42 Å². The van der Waals surface area contributed by atoms with E-state index in [0.29, 0.717) is 25.9 Å². The van der Waals surface area contributed by atoms with Crippen molar-refractivity contribution in [1.82, 2.24) is 9.62 Å². The van der Waals surface area contributed by atoms with E-state index in [2.05, 4.69) is 5.32 Å². The monoisotopic (exact) mass is 238 g/mol. The number of amides is 1. The molecule has 1 rings (SSSR count). The van der Waals surface area contributed by atoms with E-state index in [1.165, 1.54) is 11.2 Å². The number of carbonyl (C=O) groups is 1. The van der Waals surface area contributed by atoms with Crippen molar-refractivity contribution in [3.63, 3.8) is 0 Å². The second kappa shape index (κ2) is 4.55. The first-order valence-electron chi connectivity index (χ1n) is 4.44. The molecule has 1 aliphatic heterocycles. The van der Waals surface area contributed by atoms with E-state index < -0.39 is 9.64 Å². The number of hydrogen-bond acceptors (Lipinski definition) is 3. The lowest BCUT2D eigenvalue weighted by molar-refractivity contribution is -0.119. The summed E-state index contributed by atoms with van der Waals surface area (Å²) >= 11 is 0. The van der Waals surface area contributed by atoms with Crippen LogP contribution in [-0.4, -0.2) is 37.8 Å². The lowest BCUT2D eigenvalue weighted by atomic mass is 10.1. The minimum absolute atomic E-state index is 0.0582. The number of rotatable bonds is 2. The average Bonchev–Trinajstić information content (AvgIpc) is 2.02. The summed E-state index contributed by atoms with van der Waals surface area (Å²) in [5, 5.41) is 2.79. The fourth-order valence-corrected chi connectivity index (χ4v) is 2.89. The van der Waals surface area contributed by atoms with Gasteiger partial charge in [0.15, 0.2) is 0 Å². The summed E-state index contributed by atoms with van der Waals surface area (Å²) in [5.74, 6) is -0.0582. The molecule has 0 bridgehead atoms. The predicted molar refractivity (Wildman–Crippen MR) is 57.0 cm³/mol. The molecule has 1 amide bonds. The van der Waals surface area contributed by atoms with Gasteiger partial charge in [-0.2, -0.15) is 4.31 Å². The summed E-state index contributed by atoms with van der Waals surface area (Å²) < 4.78 is 23.6. The molecule has 0 aromatic heterocycles. The van der Waals surface area contributed by atoms with Crippen molar-refractivity contribution in [2.24, 2.45) is 0 Å². The van der Waals surface area contributed by atoms with Crippen molar-refractivity contribution >= 4 is 24.0 Å². The van der Waals surface area contributed by atoms with Gasteiger partial charge in [-0.05, 0) is 12.8 Å². The van der Waals surface area contributed by atoms with E-state index in [4.69, 9.17) is 0 Å². The highest BCUT2D eigenvalue weighted by Crippen LogP contribution is 2.17. The van der Waals surface area contributed by atoms with Gasteiger partial charge in [-0.3, -0.25) is 4.79 Å². The van der Waals surface area contributed by atoms with Crippen molar-refractivity contribution < 1.29 is 13.2 Å². The molecular formula is C7H15N2O3PS. The Hall–Kier alpha value is -0.190. The molecule has 1 heterocycles. The van der Waals surface area contributed by atoms with E-state index in [-0.39, 0.29) is 11.9 Å². The van der Waals surface area contributed by atoms with E-state index in [9.17, 15) is 13.2 Å². The summed E-state index contributed by atoms with van der Waals surface area (Å²) in [4.78, 5) is 10.7. The third-order valence-corrected chi connectivity index (χ3v) is 4.20. The fourth-order valence-electron chi connectivity index (χ4n) is 1.54. The summed E-state index contributed by atoms with van der Waals surface area (Å²) in [7, 11) is -1.30. The molecule has 7 heteroatoms. The molecule has 82 valence electrons. The number of piperidine rings is 1. The number of carbonyl (C=O) groups excluding carboxylic acids is 1. The molecule has 14 heavy (non-hydrogen) atoms. The number of nitrogens with zero attached hydrogens (tertiary/aromatic N) is 1. The molecule has 1 N–H and O–H groups in total. The maximum Gasteiger partial charge on any atom is 0.224 e. The lowest BCUT2D eigenvalue weighted by Gasteiger charge is -2.30. The summed E-state index contributed by atoms with van der Waals surface area (Å²) in [6.45, 7) is 2.44. The highest BCUT2D eigenvalue weighted by Gasteiger charge is 2.24. The van der Waals surface area contributed by atoms with Gasteiger partial charge in [-0.1, -0.05) is 0 Å². The molecule has 5 nitrogen and oxygen atoms in total. The van der Waals surface area contributed by atoms with Gasteiger partial charge in [0, 0.05) is 34.5 Å². The van der Waals surface area contributed by atoms with Gasteiger partial charge < -0.3 is 5.32 Å². The molecule has 1 fully saturated rings. The molecule has 0 aromatic carbocycles. The van der Waals surface area contributed by atoms with Crippen LogP contribution in [0.4, 0.5) is 0 Å². The Labute approximate surface area is 86.2 Å². The third kappa shape index (κ3) is 3.52. The van der Waals surface area contributed by atoms with Gasteiger partial charge in [0.05, 0.1) is 0 Å². The molecule has 0 saturated carbocycles. The van der Waals surface area contributed by atoms with Crippen LogP contribution < -0.4 is 5.32 Å². The van der Waals surface area contributed by atoms with E-state index in [1.807, 2.05) is 8.44 Å². The quantitative estimate of drug-likeness (QED) is 0.672. The van der Waals surface area contributed by atoms with Crippen LogP contribution in [0.3, 0.4) is 0 Å². The number of nitrogens with one attached hydrogen (secondary N) is 1. The Kier molecular flexibility index (Phi) is 3.86. The molecular weight excluding hydrogens is 223 g/mol. The molecule has 1 atom stereocenters. The summed E-state index contributed by atoms with van der Waals surface area (Å²) in [5.41, 5.74) is 0. The third-order valence-electron chi connectivity index (χ3n) is 2.22. The van der Waals surface area contributed by atoms with Crippen LogP contribution in [0.2, 0.25) is 0 Å². The molecule has 0 aliphatic carbocycles. The van der Waals surface area contributed by atoms with Crippen LogP contribution >= 0.6 is 8.44 Å². The largest absolute Gasteiger partial charge is 0.354 e. The predicted octanol–water partition coefficient (Wildman–Crippen LogP) is -0.293. The van der Waals surface area contributed by atoms with Crippen LogP contribution in [0.25, 0.3) is 0 Å². The minimum Gasteiger partial charge on any atom is -0.354 e. The number of hydrogen-bond donors (Lipinski definition) is 1. The molecule has 0 aromatic rings. The second-order valence-electron chi connectivity index (χ2n) is 3.42. The highest BCUT2D eigenvalue weighted by molar-refractivity contribution is 8.36. The molecule has 0 radical (unpaired) electrons. The van der Waals surface area contributed by atoms with Crippen molar-refractivity contribution in [3.8, 4) is 0 Å². The Balaban J connectivity index is 2.43. The van der Waals surface area contributed by atoms with Crippen LogP contribution in [0.1, 0.15) is 19.8 Å². The zero-order chi connectivity index (χ0) is 10.8. The van der Waals surface area contributed by atoms with Crippen LogP contribution in [0, 0.1) is 0 Å². The maximum atomic E-state index is 11.1. The lowest BCUT2D eigenvalue weighted by Crippen LogP contribution is -2.44. The van der Waals surface area contributed by atoms with Gasteiger partial charge in [-0.15, -0.1) is 0 Å². The summed E-state index contributed by atoms with van der Waals surface area (Å²) in [6, 6.07) is 0.121. The van der Waals surface area contributed by atoms with Crippen LogP contribution in [0.5, 0.6) is 0 Å². The normalized spacial score (nSPS) is 20.7. The van der Waals surface area contributed by atoms with Gasteiger partial charge in [0.2, 0.25) is 15.6 Å². The fraction of sp³-hybridized carbons (Fsp3) is 0.857. The molecule has 1 aliphatic rings. The first-order chi connectivity index (χ1) is 6.39. The zero-order valence-electron chi connectivity index (χ0n) is 8.06. The first-order valence-corrected chi connectivity index (χ1v) is 7.36. The van der Waals surface area contributed by atoms with Crippen molar-refractivity contribution in [3.05, 3.63) is 0 Å². The highest BCUT2D eigenvalue weighted by atomic mass is 32.7. The Bertz CT molecular complexity index is 309. The SMILES string of the molecule is CC(=O)NC1CCN(S(=O)(=O)P)CC1. The Morgan fingerprint density at radius 2 is 1.93 bits per heavy atom. The average molecular weight is 238 g/mol. The Morgan fingerprint density at radius 3 is 2.29 bits per heavy atom. The van der Waals surface area contributed by atoms with Crippen molar-refractivity contribution in [2.45, 2.75) is 25.8 Å². The first kappa shape index (κ1) is 11.9. The van der Waals surface area contributed by atoms with E-state index >= 15 is 0 Å². The van der Waals surface area contributed by atoms with Crippen LogP contribution in [0.15, 0.2) is 0 Å². The van der Waals surface area contributed by atoms with Gasteiger partial charge in [0.25, 0.3) is 0 Å². The second-order valence-corrected chi connectivity index (χ2v) is 6.75. The van der Waals surface area contributed by atoms with E-state index in [0.717, 1.165) is 0 Å². The van der Waals surface area contributed by atoms with Crippen molar-refractivity contribution in [1.29, 1.82) is 0 Å². The van der Waals surface area contributed by atoms with Crippen molar-refractivity contribution in [2.75, 3.05) is 13.1 Å². The van der Waals surface area contributed by atoms with Crippen LogP contribution in [-0.2, 0) is 14.4 Å². The van der Waals surface area contributed by atoms with E-state index in [1.54, 1.807) is 0 Å². The smallest absolute Gasteiger partial charge is 0.224 e. The zero-order valence-corrected chi connectivity index (χ0v) is 10.0. The van der Waals surface area contributed by atoms with Gasteiger partial charge in [0.1, 0.15) is 0 Å². The standard InChI is InChI=1S/C7H15N2O3PS/c1-6(10)8-7-2-4-9(5-3-7)14(11,12)13/h7H,2-5,13H2,1H3,(H,8,10).